The van der Waals surface area contributed by atoms with E-state index in [0.717, 1.165) is 6.07 Å². The third-order valence-corrected chi connectivity index (χ3v) is 2.61. The summed E-state index contributed by atoms with van der Waals surface area (Å²) in [5.74, 6) is 0. The molecule has 0 saturated heterocycles. The predicted molar refractivity (Wildman–Crippen MR) is 69.0 cm³/mol. The lowest BCUT2D eigenvalue weighted by molar-refractivity contribution is -0.436. The van der Waals surface area contributed by atoms with Gasteiger partial charge in [0.15, 0.2) is 0 Å². The Morgan fingerprint density at radius 1 is 1.05 bits per heavy atom. The molecule has 98 valence electrons. The molecule has 0 spiro atoms. The highest BCUT2D eigenvalue weighted by Crippen LogP contribution is 2.20. The topological polar surface area (TPSA) is 104 Å². The number of aromatic nitrogens is 2. The summed E-state index contributed by atoms with van der Waals surface area (Å²) >= 11 is 0. The zero-order valence-electron chi connectivity index (χ0n) is 10.4. The molecule has 0 saturated carbocycles. The molecule has 0 aliphatic rings. The van der Waals surface area contributed by atoms with E-state index in [2.05, 4.69) is 15.1 Å². The van der Waals surface area contributed by atoms with Gasteiger partial charge in [-0.05, 0) is 24.3 Å². The summed E-state index contributed by atoms with van der Waals surface area (Å²) in [5, 5.41) is 15.7. The van der Waals surface area contributed by atoms with Crippen LogP contribution in [0.4, 0.5) is 11.4 Å². The number of H-pyrrole nitrogens is 2. The van der Waals surface area contributed by atoms with Gasteiger partial charge in [-0.25, -0.2) is 0 Å². The van der Waals surface area contributed by atoms with Crippen LogP contribution in [0.15, 0.2) is 39.2 Å². The second-order valence-electron chi connectivity index (χ2n) is 4.10. The molecule has 7 heteroatoms. The molecule has 0 fully saturated rings. The van der Waals surface area contributed by atoms with E-state index < -0.39 is 0 Å². The van der Waals surface area contributed by atoms with E-state index in [1.165, 1.54) is 18.5 Å². The first-order chi connectivity index (χ1) is 8.97. The standard InChI is InChI=1S/C12H12N4O3/c1-7-5-13-11(17)3-9(7)15-16(19)10-4-12(18)14-6-8(10)2/h3-6H,1-2H3,(H,13,17)(H,14,18). The van der Waals surface area contributed by atoms with E-state index >= 15 is 0 Å². The maximum absolute atomic E-state index is 11.9. The van der Waals surface area contributed by atoms with Crippen LogP contribution in [0.25, 0.3) is 0 Å². The van der Waals surface area contributed by atoms with Crippen molar-refractivity contribution in [2.24, 2.45) is 5.11 Å². The molecule has 0 aliphatic carbocycles. The average molecular weight is 260 g/mol. The molecule has 0 aromatic carbocycles. The molecule has 0 radical (unpaired) electrons. The SMILES string of the molecule is Cc1c[nH]c(=O)cc1N=[N+]([O-])c1cc(=O)[nH]cc1C. The molecule has 2 rings (SSSR count). The first-order valence-corrected chi connectivity index (χ1v) is 5.55. The second-order valence-corrected chi connectivity index (χ2v) is 4.10. The quantitative estimate of drug-likeness (QED) is 0.486. The normalized spacial score (nSPS) is 11.6. The van der Waals surface area contributed by atoms with E-state index in [9.17, 15) is 14.8 Å². The number of aryl methyl sites for hydroxylation is 2. The number of aromatic amines is 2. The molecule has 7 nitrogen and oxygen atoms in total. The van der Waals surface area contributed by atoms with E-state index in [-0.39, 0.29) is 22.5 Å². The van der Waals surface area contributed by atoms with Gasteiger partial charge in [0, 0.05) is 29.1 Å². The van der Waals surface area contributed by atoms with Crippen LogP contribution in [0, 0.1) is 19.1 Å². The summed E-state index contributed by atoms with van der Waals surface area (Å²) in [5.41, 5.74) is 0.908. The molecule has 19 heavy (non-hydrogen) atoms. The molecule has 2 aromatic rings. The van der Waals surface area contributed by atoms with Crippen LogP contribution >= 0.6 is 0 Å². The molecule has 0 bridgehead atoms. The Morgan fingerprint density at radius 3 is 2.32 bits per heavy atom. The Hall–Kier alpha value is -2.70. The van der Waals surface area contributed by atoms with Crippen molar-refractivity contribution in [2.75, 3.05) is 0 Å². The molecule has 2 aromatic heterocycles. The number of rotatable bonds is 2. The fraction of sp³-hybridized carbons (Fsp3) is 0.167. The fourth-order valence-electron chi connectivity index (χ4n) is 1.53. The minimum absolute atomic E-state index is 0.142. The van der Waals surface area contributed by atoms with Crippen LogP contribution in [0.2, 0.25) is 0 Å². The van der Waals surface area contributed by atoms with Gasteiger partial charge >= 0.3 is 0 Å². The fourth-order valence-corrected chi connectivity index (χ4v) is 1.53. The maximum Gasteiger partial charge on any atom is 0.254 e. The highest BCUT2D eigenvalue weighted by molar-refractivity contribution is 5.42. The minimum Gasteiger partial charge on any atom is -0.594 e. The van der Waals surface area contributed by atoms with Crippen molar-refractivity contribution in [1.82, 2.24) is 9.97 Å². The third-order valence-electron chi connectivity index (χ3n) is 2.61. The molecule has 0 aliphatic heterocycles. The number of hydrogen-bond donors (Lipinski definition) is 2. The number of azo groups is 1. The lowest BCUT2D eigenvalue weighted by Crippen LogP contribution is -2.07. The van der Waals surface area contributed by atoms with Crippen molar-refractivity contribution in [3.8, 4) is 0 Å². The highest BCUT2D eigenvalue weighted by Gasteiger charge is 2.11. The van der Waals surface area contributed by atoms with Crippen molar-refractivity contribution < 1.29 is 4.86 Å². The number of nitrogens with zero attached hydrogens (tertiary/aromatic N) is 2. The summed E-state index contributed by atoms with van der Waals surface area (Å²) < 4.78 is 0. The summed E-state index contributed by atoms with van der Waals surface area (Å²) in [4.78, 5) is 27.7. The number of nitrogens with one attached hydrogen (secondary N) is 2. The van der Waals surface area contributed by atoms with Gasteiger partial charge in [-0.2, -0.15) is 0 Å². The number of hydrogen-bond acceptors (Lipinski definition) is 4. The second kappa shape index (κ2) is 4.89. The molecular weight excluding hydrogens is 248 g/mol. The minimum atomic E-state index is -0.390. The highest BCUT2D eigenvalue weighted by atomic mass is 16.5. The molecular formula is C12H12N4O3. The van der Waals surface area contributed by atoms with Crippen LogP contribution in [-0.2, 0) is 0 Å². The first kappa shape index (κ1) is 12.7. The lowest BCUT2D eigenvalue weighted by Gasteiger charge is -2.03. The number of pyridine rings is 2. The van der Waals surface area contributed by atoms with Crippen LogP contribution in [0.5, 0.6) is 0 Å². The van der Waals surface area contributed by atoms with E-state index in [4.69, 9.17) is 0 Å². The molecule has 0 unspecified atom stereocenters. The van der Waals surface area contributed by atoms with Gasteiger partial charge in [-0.3, -0.25) is 9.59 Å². The Morgan fingerprint density at radius 2 is 1.63 bits per heavy atom. The van der Waals surface area contributed by atoms with E-state index in [0.29, 0.717) is 16.0 Å². The van der Waals surface area contributed by atoms with Gasteiger partial charge in [-0.15, -0.1) is 0 Å². The Bertz CT molecular complexity index is 758. The van der Waals surface area contributed by atoms with Crippen molar-refractivity contribution in [3.05, 3.63) is 61.6 Å². The molecule has 2 heterocycles. The summed E-state index contributed by atoms with van der Waals surface area (Å²) in [7, 11) is 0. The van der Waals surface area contributed by atoms with Gasteiger partial charge in [0.2, 0.25) is 5.56 Å². The first-order valence-electron chi connectivity index (χ1n) is 5.55. The maximum atomic E-state index is 11.9. The zero-order chi connectivity index (χ0) is 14.0. The van der Waals surface area contributed by atoms with E-state index in [1.54, 1.807) is 13.8 Å². The van der Waals surface area contributed by atoms with Crippen molar-refractivity contribution in [3.63, 3.8) is 0 Å². The Labute approximate surface area is 107 Å². The zero-order valence-corrected chi connectivity index (χ0v) is 10.4. The third kappa shape index (κ3) is 2.76. The molecule has 0 amide bonds. The monoisotopic (exact) mass is 260 g/mol. The summed E-state index contributed by atoms with van der Waals surface area (Å²) in [6, 6.07) is 2.39. The largest absolute Gasteiger partial charge is 0.594 e. The molecule has 2 N–H and O–H groups in total. The van der Waals surface area contributed by atoms with Crippen LogP contribution in [0.3, 0.4) is 0 Å². The smallest absolute Gasteiger partial charge is 0.254 e. The van der Waals surface area contributed by atoms with Crippen molar-refractivity contribution in [1.29, 1.82) is 0 Å². The Balaban J connectivity index is 2.54. The summed E-state index contributed by atoms with van der Waals surface area (Å²) in [6.07, 6.45) is 2.91. The van der Waals surface area contributed by atoms with E-state index in [1.807, 2.05) is 0 Å². The average Bonchev–Trinajstić information content (AvgIpc) is 2.36. The summed E-state index contributed by atoms with van der Waals surface area (Å²) in [6.45, 7) is 3.39. The predicted octanol–water partition coefficient (Wildman–Crippen LogP) is 1.61. The van der Waals surface area contributed by atoms with Crippen molar-refractivity contribution in [2.45, 2.75) is 13.8 Å². The van der Waals surface area contributed by atoms with Gasteiger partial charge in [0.05, 0.1) is 6.07 Å². The van der Waals surface area contributed by atoms with Gasteiger partial charge < -0.3 is 15.2 Å². The molecule has 0 atom stereocenters. The lowest BCUT2D eigenvalue weighted by atomic mass is 10.2. The van der Waals surface area contributed by atoms with Gasteiger partial charge in [0.1, 0.15) is 5.69 Å². The van der Waals surface area contributed by atoms with Crippen LogP contribution in [-0.4, -0.2) is 14.8 Å². The van der Waals surface area contributed by atoms with Crippen molar-refractivity contribution >= 4 is 11.4 Å². The van der Waals surface area contributed by atoms with Crippen LogP contribution in [0.1, 0.15) is 11.1 Å². The van der Waals surface area contributed by atoms with Gasteiger partial charge in [0.25, 0.3) is 11.2 Å². The Kier molecular flexibility index (Phi) is 3.28. The van der Waals surface area contributed by atoms with Crippen LogP contribution < -0.4 is 11.1 Å². The van der Waals surface area contributed by atoms with Gasteiger partial charge in [-0.1, -0.05) is 0 Å².